The van der Waals surface area contributed by atoms with E-state index in [1.165, 1.54) is 0 Å². The van der Waals surface area contributed by atoms with Crippen molar-refractivity contribution in [2.45, 2.75) is 0 Å². The summed E-state index contributed by atoms with van der Waals surface area (Å²) in [6, 6.07) is 20.9. The third kappa shape index (κ3) is 2.91. The number of hydrazone groups is 1. The molecule has 0 saturated carbocycles. The van der Waals surface area contributed by atoms with Crippen LogP contribution in [-0.2, 0) is 0 Å². The van der Waals surface area contributed by atoms with Crippen molar-refractivity contribution >= 4 is 33.9 Å². The first kappa shape index (κ1) is 15.9. The predicted octanol–water partition coefficient (Wildman–Crippen LogP) is 4.36. The molecule has 0 aliphatic heterocycles. The SMILES string of the molecule is COc1ccc2ccccc2c1/C=N\NC(=O)c1cc2ccccc2o1. The Morgan fingerprint density at radius 3 is 2.62 bits per heavy atom. The molecule has 128 valence electrons. The molecule has 0 aliphatic carbocycles. The number of hydrogen-bond acceptors (Lipinski definition) is 4. The van der Waals surface area contributed by atoms with E-state index in [2.05, 4.69) is 10.5 Å². The van der Waals surface area contributed by atoms with Gasteiger partial charge in [0, 0.05) is 10.9 Å². The van der Waals surface area contributed by atoms with Crippen LogP contribution in [0, 0.1) is 0 Å². The number of ether oxygens (including phenoxy) is 1. The standard InChI is InChI=1S/C21H16N2O3/c1-25-19-11-10-14-6-2-4-8-16(14)17(19)13-22-23-21(24)20-12-15-7-3-5-9-18(15)26-20/h2-13H,1H3,(H,23,24)/b22-13-. The first-order valence-electron chi connectivity index (χ1n) is 8.14. The van der Waals surface area contributed by atoms with Gasteiger partial charge in [-0.25, -0.2) is 5.43 Å². The summed E-state index contributed by atoms with van der Waals surface area (Å²) in [6.45, 7) is 0. The van der Waals surface area contributed by atoms with Gasteiger partial charge in [0.1, 0.15) is 11.3 Å². The first-order valence-corrected chi connectivity index (χ1v) is 8.14. The number of para-hydroxylation sites is 1. The van der Waals surface area contributed by atoms with E-state index >= 15 is 0 Å². The van der Waals surface area contributed by atoms with Crippen LogP contribution in [0.1, 0.15) is 16.1 Å². The number of carbonyl (C=O) groups excluding carboxylic acids is 1. The fourth-order valence-electron chi connectivity index (χ4n) is 2.89. The number of nitrogens with zero attached hydrogens (tertiary/aromatic N) is 1. The quantitative estimate of drug-likeness (QED) is 0.442. The highest BCUT2D eigenvalue weighted by Gasteiger charge is 2.11. The Balaban J connectivity index is 1.60. The molecule has 5 nitrogen and oxygen atoms in total. The molecule has 0 radical (unpaired) electrons. The molecule has 0 spiro atoms. The molecule has 1 amide bonds. The van der Waals surface area contributed by atoms with E-state index in [9.17, 15) is 4.79 Å². The van der Waals surface area contributed by atoms with Crippen molar-refractivity contribution in [3.05, 3.63) is 78.1 Å². The molecule has 1 heterocycles. The number of methoxy groups -OCH3 is 1. The highest BCUT2D eigenvalue weighted by molar-refractivity contribution is 6.03. The normalized spacial score (nSPS) is 11.3. The largest absolute Gasteiger partial charge is 0.496 e. The lowest BCUT2D eigenvalue weighted by atomic mass is 10.0. The van der Waals surface area contributed by atoms with Crippen molar-refractivity contribution in [1.29, 1.82) is 0 Å². The second-order valence-corrected chi connectivity index (χ2v) is 5.75. The lowest BCUT2D eigenvalue weighted by Crippen LogP contribution is -2.16. The van der Waals surface area contributed by atoms with Gasteiger partial charge in [-0.15, -0.1) is 0 Å². The maximum atomic E-state index is 12.3. The number of benzene rings is 3. The molecule has 0 aliphatic rings. The van der Waals surface area contributed by atoms with Crippen molar-refractivity contribution in [2.24, 2.45) is 5.10 Å². The predicted molar refractivity (Wildman–Crippen MR) is 102 cm³/mol. The summed E-state index contributed by atoms with van der Waals surface area (Å²) in [5.74, 6) is 0.496. The molecule has 0 atom stereocenters. The second kappa shape index (κ2) is 6.72. The summed E-state index contributed by atoms with van der Waals surface area (Å²) in [5.41, 5.74) is 3.97. The number of hydrogen-bond donors (Lipinski definition) is 1. The molecule has 1 aromatic heterocycles. The van der Waals surface area contributed by atoms with Gasteiger partial charge in [0.25, 0.3) is 0 Å². The van der Waals surface area contributed by atoms with Crippen molar-refractivity contribution < 1.29 is 13.9 Å². The molecular formula is C21H16N2O3. The summed E-state index contributed by atoms with van der Waals surface area (Å²) in [7, 11) is 1.61. The molecule has 26 heavy (non-hydrogen) atoms. The molecular weight excluding hydrogens is 328 g/mol. The second-order valence-electron chi connectivity index (χ2n) is 5.75. The minimum atomic E-state index is -0.406. The Bertz CT molecular complexity index is 1100. The van der Waals surface area contributed by atoms with Gasteiger partial charge in [-0.3, -0.25) is 4.79 Å². The summed E-state index contributed by atoms with van der Waals surface area (Å²) >= 11 is 0. The van der Waals surface area contributed by atoms with E-state index in [0.717, 1.165) is 21.7 Å². The molecule has 0 unspecified atom stereocenters. The van der Waals surface area contributed by atoms with Crippen LogP contribution in [0.4, 0.5) is 0 Å². The lowest BCUT2D eigenvalue weighted by Gasteiger charge is -2.08. The summed E-state index contributed by atoms with van der Waals surface area (Å²) in [4.78, 5) is 12.3. The van der Waals surface area contributed by atoms with Crippen LogP contribution in [0.2, 0.25) is 0 Å². The number of furan rings is 1. The molecule has 4 rings (SSSR count). The number of amides is 1. The van der Waals surface area contributed by atoms with Gasteiger partial charge >= 0.3 is 5.91 Å². The molecule has 3 aromatic carbocycles. The highest BCUT2D eigenvalue weighted by atomic mass is 16.5. The minimum Gasteiger partial charge on any atom is -0.496 e. The number of fused-ring (bicyclic) bond motifs is 2. The first-order chi connectivity index (χ1) is 12.8. The number of nitrogens with one attached hydrogen (secondary N) is 1. The Labute approximate surface area is 149 Å². The summed E-state index contributed by atoms with van der Waals surface area (Å²) < 4.78 is 11.0. The molecule has 0 saturated heterocycles. The van der Waals surface area contributed by atoms with Gasteiger partial charge in [-0.05, 0) is 29.0 Å². The van der Waals surface area contributed by atoms with Gasteiger partial charge in [0.05, 0.1) is 13.3 Å². The van der Waals surface area contributed by atoms with Crippen molar-refractivity contribution in [2.75, 3.05) is 7.11 Å². The lowest BCUT2D eigenvalue weighted by molar-refractivity contribution is 0.0929. The van der Waals surface area contributed by atoms with Crippen molar-refractivity contribution in [1.82, 2.24) is 5.43 Å². The molecule has 1 N–H and O–H groups in total. The Morgan fingerprint density at radius 2 is 1.81 bits per heavy atom. The summed E-state index contributed by atoms with van der Waals surface area (Å²) in [6.07, 6.45) is 1.59. The Morgan fingerprint density at radius 1 is 1.04 bits per heavy atom. The Hall–Kier alpha value is -3.60. The van der Waals surface area contributed by atoms with Crippen molar-refractivity contribution in [3.8, 4) is 5.75 Å². The molecule has 0 fully saturated rings. The van der Waals surface area contributed by atoms with Gasteiger partial charge < -0.3 is 9.15 Å². The molecule has 5 heteroatoms. The van der Waals surface area contributed by atoms with Gasteiger partial charge in [-0.2, -0.15) is 5.10 Å². The smallest absolute Gasteiger partial charge is 0.307 e. The monoisotopic (exact) mass is 344 g/mol. The fraction of sp³-hybridized carbons (Fsp3) is 0.0476. The van der Waals surface area contributed by atoms with E-state index in [1.54, 1.807) is 19.4 Å². The zero-order valence-electron chi connectivity index (χ0n) is 14.1. The maximum absolute atomic E-state index is 12.3. The van der Waals surface area contributed by atoms with E-state index in [0.29, 0.717) is 11.3 Å². The average molecular weight is 344 g/mol. The molecule has 4 aromatic rings. The van der Waals surface area contributed by atoms with Gasteiger partial charge in [0.2, 0.25) is 0 Å². The third-order valence-electron chi connectivity index (χ3n) is 4.16. The third-order valence-corrected chi connectivity index (χ3v) is 4.16. The Kier molecular flexibility index (Phi) is 4.11. The molecule has 0 bridgehead atoms. The topological polar surface area (TPSA) is 63.8 Å². The van der Waals surface area contributed by atoms with Crippen LogP contribution < -0.4 is 10.2 Å². The van der Waals surface area contributed by atoms with E-state index < -0.39 is 5.91 Å². The number of rotatable bonds is 4. The van der Waals surface area contributed by atoms with Crippen LogP contribution in [0.15, 0.2) is 76.2 Å². The van der Waals surface area contributed by atoms with Crippen LogP contribution in [0.5, 0.6) is 5.75 Å². The van der Waals surface area contributed by atoms with Crippen LogP contribution in [0.25, 0.3) is 21.7 Å². The maximum Gasteiger partial charge on any atom is 0.307 e. The zero-order valence-corrected chi connectivity index (χ0v) is 14.1. The summed E-state index contributed by atoms with van der Waals surface area (Å²) in [5, 5.41) is 7.02. The zero-order chi connectivity index (χ0) is 17.9. The van der Waals surface area contributed by atoms with E-state index in [4.69, 9.17) is 9.15 Å². The average Bonchev–Trinajstić information content (AvgIpc) is 3.12. The van der Waals surface area contributed by atoms with Crippen LogP contribution in [0.3, 0.4) is 0 Å². The van der Waals surface area contributed by atoms with E-state index in [1.807, 2.05) is 60.7 Å². The number of carbonyl (C=O) groups is 1. The highest BCUT2D eigenvalue weighted by Crippen LogP contribution is 2.26. The van der Waals surface area contributed by atoms with Gasteiger partial charge in [-0.1, -0.05) is 48.5 Å². The van der Waals surface area contributed by atoms with Crippen LogP contribution in [-0.4, -0.2) is 19.2 Å². The minimum absolute atomic E-state index is 0.216. The van der Waals surface area contributed by atoms with E-state index in [-0.39, 0.29) is 5.76 Å². The fourth-order valence-corrected chi connectivity index (χ4v) is 2.89. The van der Waals surface area contributed by atoms with Crippen LogP contribution >= 0.6 is 0 Å². The van der Waals surface area contributed by atoms with Gasteiger partial charge in [0.15, 0.2) is 5.76 Å². The van der Waals surface area contributed by atoms with Crippen molar-refractivity contribution in [3.63, 3.8) is 0 Å².